The highest BCUT2D eigenvalue weighted by atomic mass is 16.2. The third-order valence-electron chi connectivity index (χ3n) is 5.46. The van der Waals surface area contributed by atoms with E-state index in [4.69, 9.17) is 0 Å². The van der Waals surface area contributed by atoms with E-state index in [1.54, 1.807) is 4.90 Å². The minimum absolute atomic E-state index is 0.0369. The highest BCUT2D eigenvalue weighted by Crippen LogP contribution is 2.25. The van der Waals surface area contributed by atoms with Crippen LogP contribution in [0.5, 0.6) is 0 Å². The quantitative estimate of drug-likeness (QED) is 0.797. The van der Waals surface area contributed by atoms with E-state index in [1.165, 1.54) is 5.56 Å². The molecule has 1 saturated heterocycles. The fourth-order valence-corrected chi connectivity index (χ4v) is 3.73. The van der Waals surface area contributed by atoms with Gasteiger partial charge < -0.3 is 10.2 Å². The first-order valence-corrected chi connectivity index (χ1v) is 10.1. The molecular weight excluding hydrogens is 352 g/mol. The van der Waals surface area contributed by atoms with E-state index in [1.807, 2.05) is 18.5 Å². The fraction of sp³-hybridized carbons (Fsp3) is 0.500. The minimum atomic E-state index is -0.323. The maximum atomic E-state index is 12.8. The Balaban J connectivity index is 1.63. The van der Waals surface area contributed by atoms with Gasteiger partial charge in [-0.25, -0.2) is 0 Å². The highest BCUT2D eigenvalue weighted by Gasteiger charge is 2.34. The highest BCUT2D eigenvalue weighted by molar-refractivity contribution is 5.97. The molecule has 3 rings (SSSR count). The van der Waals surface area contributed by atoms with Gasteiger partial charge in [-0.15, -0.1) is 0 Å². The number of amides is 2. The maximum Gasteiger partial charge on any atom is 0.229 e. The summed E-state index contributed by atoms with van der Waals surface area (Å²) in [6, 6.07) is 8.32. The van der Waals surface area contributed by atoms with Crippen LogP contribution in [0, 0.1) is 19.8 Å². The average molecular weight is 383 g/mol. The van der Waals surface area contributed by atoms with Crippen LogP contribution in [0.2, 0.25) is 0 Å². The number of nitrogens with one attached hydrogen (secondary N) is 1. The summed E-state index contributed by atoms with van der Waals surface area (Å²) in [6.07, 6.45) is 2.25. The number of carbonyl (C=O) groups excluding carboxylic acids is 2. The summed E-state index contributed by atoms with van der Waals surface area (Å²) < 4.78 is 1.93. The van der Waals surface area contributed by atoms with E-state index in [-0.39, 0.29) is 24.2 Å². The molecule has 28 heavy (non-hydrogen) atoms. The maximum absolute atomic E-state index is 12.8. The lowest BCUT2D eigenvalue weighted by molar-refractivity contribution is -0.128. The molecule has 1 aromatic carbocycles. The fourth-order valence-electron chi connectivity index (χ4n) is 3.73. The van der Waals surface area contributed by atoms with Crippen LogP contribution in [0.3, 0.4) is 0 Å². The third kappa shape index (κ3) is 4.26. The number of anilines is 1. The second kappa shape index (κ2) is 8.59. The molecule has 0 bridgehead atoms. The van der Waals surface area contributed by atoms with Gasteiger partial charge in [-0.1, -0.05) is 38.1 Å². The van der Waals surface area contributed by atoms with E-state index in [9.17, 15) is 9.59 Å². The summed E-state index contributed by atoms with van der Waals surface area (Å²) in [5.41, 5.74) is 4.93. The van der Waals surface area contributed by atoms with Gasteiger partial charge in [0.05, 0.1) is 23.0 Å². The lowest BCUT2D eigenvalue weighted by atomic mass is 10.1. The second-order valence-corrected chi connectivity index (χ2v) is 7.60. The normalized spacial score (nSPS) is 16.6. The van der Waals surface area contributed by atoms with Gasteiger partial charge in [0.25, 0.3) is 0 Å². The molecule has 1 aromatic heterocycles. The lowest BCUT2D eigenvalue weighted by Gasteiger charge is -2.17. The number of hydrogen-bond donors (Lipinski definition) is 1. The molecule has 6 nitrogen and oxygen atoms in total. The lowest BCUT2D eigenvalue weighted by Crippen LogP contribution is -2.28. The first-order chi connectivity index (χ1) is 13.4. The van der Waals surface area contributed by atoms with Crippen molar-refractivity contribution in [3.05, 3.63) is 46.8 Å². The number of aryl methyl sites for hydroxylation is 3. The van der Waals surface area contributed by atoms with Crippen molar-refractivity contribution < 1.29 is 9.59 Å². The topological polar surface area (TPSA) is 67.2 Å². The number of hydrogen-bond acceptors (Lipinski definition) is 3. The summed E-state index contributed by atoms with van der Waals surface area (Å²) in [5, 5.41) is 7.52. The zero-order valence-corrected chi connectivity index (χ0v) is 17.3. The molecule has 2 amide bonds. The summed E-state index contributed by atoms with van der Waals surface area (Å²) in [4.78, 5) is 27.0. The molecule has 0 radical (unpaired) electrons. The largest absolute Gasteiger partial charge is 0.338 e. The van der Waals surface area contributed by atoms with E-state index >= 15 is 0 Å². The molecule has 0 spiro atoms. The van der Waals surface area contributed by atoms with E-state index in [0.29, 0.717) is 13.1 Å². The van der Waals surface area contributed by atoms with Crippen molar-refractivity contribution in [3.63, 3.8) is 0 Å². The van der Waals surface area contributed by atoms with Gasteiger partial charge in [0.1, 0.15) is 0 Å². The van der Waals surface area contributed by atoms with Crippen molar-refractivity contribution in [1.82, 2.24) is 14.7 Å². The summed E-state index contributed by atoms with van der Waals surface area (Å²) in [5.74, 6) is -0.384. The van der Waals surface area contributed by atoms with E-state index < -0.39 is 0 Å². The molecule has 150 valence electrons. The van der Waals surface area contributed by atoms with Crippen molar-refractivity contribution in [2.45, 2.75) is 60.0 Å². The Kier molecular flexibility index (Phi) is 6.17. The van der Waals surface area contributed by atoms with Crippen molar-refractivity contribution in [2.24, 2.45) is 5.92 Å². The molecule has 2 heterocycles. The SMILES string of the molecule is CCCn1nc(C)c(NC(=O)C2CC(=O)N(Cc3ccc(CC)cc3)C2)c1C. The molecule has 1 atom stereocenters. The smallest absolute Gasteiger partial charge is 0.229 e. The van der Waals surface area contributed by atoms with Gasteiger partial charge >= 0.3 is 0 Å². The van der Waals surface area contributed by atoms with Crippen molar-refractivity contribution in [1.29, 1.82) is 0 Å². The van der Waals surface area contributed by atoms with Crippen LogP contribution in [0.1, 0.15) is 49.2 Å². The van der Waals surface area contributed by atoms with Gasteiger partial charge in [-0.3, -0.25) is 14.3 Å². The predicted molar refractivity (Wildman–Crippen MR) is 110 cm³/mol. The average Bonchev–Trinajstić information content (AvgIpc) is 3.17. The first kappa shape index (κ1) is 20.1. The zero-order valence-electron chi connectivity index (χ0n) is 17.3. The van der Waals surface area contributed by atoms with Crippen LogP contribution < -0.4 is 5.32 Å². The van der Waals surface area contributed by atoms with Gasteiger partial charge in [0.2, 0.25) is 11.8 Å². The van der Waals surface area contributed by atoms with Crippen LogP contribution in [0.15, 0.2) is 24.3 Å². The Morgan fingerprint density at radius 3 is 2.50 bits per heavy atom. The standard InChI is InChI=1S/C22H30N4O2/c1-5-11-26-16(4)21(15(3)24-26)23-22(28)19-12-20(27)25(14-19)13-18-9-7-17(6-2)8-10-18/h7-10,19H,5-6,11-14H2,1-4H3,(H,23,28). The molecule has 1 fully saturated rings. The van der Waals surface area contributed by atoms with Gasteiger partial charge in [0, 0.05) is 26.1 Å². The Hall–Kier alpha value is -2.63. The Labute approximate surface area is 166 Å². The molecule has 1 unspecified atom stereocenters. The molecule has 1 N–H and O–H groups in total. The van der Waals surface area contributed by atoms with E-state index in [0.717, 1.165) is 42.0 Å². The van der Waals surface area contributed by atoms with Crippen LogP contribution >= 0.6 is 0 Å². The second-order valence-electron chi connectivity index (χ2n) is 7.60. The molecule has 0 saturated carbocycles. The Bertz CT molecular complexity index is 854. The molecule has 2 aromatic rings. The Morgan fingerprint density at radius 2 is 1.86 bits per heavy atom. The Morgan fingerprint density at radius 1 is 1.18 bits per heavy atom. The van der Waals surface area contributed by atoms with Crippen LogP contribution in [0.4, 0.5) is 5.69 Å². The zero-order chi connectivity index (χ0) is 20.3. The summed E-state index contributed by atoms with van der Waals surface area (Å²) >= 11 is 0. The number of carbonyl (C=O) groups is 2. The number of likely N-dealkylation sites (tertiary alicyclic amines) is 1. The van der Waals surface area contributed by atoms with Crippen LogP contribution in [-0.4, -0.2) is 33.0 Å². The molecular formula is C22H30N4O2. The summed E-state index contributed by atoms with van der Waals surface area (Å²) in [7, 11) is 0. The van der Waals surface area contributed by atoms with Crippen molar-refractivity contribution >= 4 is 17.5 Å². The summed E-state index contributed by atoms with van der Waals surface area (Å²) in [6.45, 7) is 9.94. The van der Waals surface area contributed by atoms with E-state index in [2.05, 4.69) is 48.5 Å². The molecule has 1 aliphatic rings. The first-order valence-electron chi connectivity index (χ1n) is 10.1. The number of rotatable bonds is 7. The van der Waals surface area contributed by atoms with Crippen LogP contribution in [-0.2, 0) is 29.1 Å². The van der Waals surface area contributed by atoms with Gasteiger partial charge in [-0.2, -0.15) is 5.10 Å². The van der Waals surface area contributed by atoms with Crippen molar-refractivity contribution in [2.75, 3.05) is 11.9 Å². The predicted octanol–water partition coefficient (Wildman–Crippen LogP) is 3.46. The molecule has 6 heteroatoms. The molecule has 1 aliphatic heterocycles. The number of benzene rings is 1. The van der Waals surface area contributed by atoms with Crippen LogP contribution in [0.25, 0.3) is 0 Å². The third-order valence-corrected chi connectivity index (χ3v) is 5.46. The monoisotopic (exact) mass is 382 g/mol. The van der Waals surface area contributed by atoms with Gasteiger partial charge in [-0.05, 0) is 37.8 Å². The number of aromatic nitrogens is 2. The number of nitrogens with zero attached hydrogens (tertiary/aromatic N) is 3. The van der Waals surface area contributed by atoms with Gasteiger partial charge in [0.15, 0.2) is 0 Å². The minimum Gasteiger partial charge on any atom is -0.338 e. The van der Waals surface area contributed by atoms with Crippen molar-refractivity contribution in [3.8, 4) is 0 Å². The molecule has 0 aliphatic carbocycles.